The van der Waals surface area contributed by atoms with Crippen molar-refractivity contribution in [1.29, 1.82) is 0 Å². The third kappa shape index (κ3) is 3.40. The second kappa shape index (κ2) is 7.09. The van der Waals surface area contributed by atoms with Crippen molar-refractivity contribution >= 4 is 10.9 Å². The van der Waals surface area contributed by atoms with Gasteiger partial charge in [0.2, 0.25) is 0 Å². The molecule has 2 aromatic rings. The number of hydrogen-bond donors (Lipinski definition) is 0. The van der Waals surface area contributed by atoms with Crippen LogP contribution in [0.4, 0.5) is 8.78 Å². The van der Waals surface area contributed by atoms with E-state index in [1.54, 1.807) is 11.6 Å². The summed E-state index contributed by atoms with van der Waals surface area (Å²) >= 11 is 0. The second-order valence-corrected chi connectivity index (χ2v) is 5.91. The number of rotatable bonds is 7. The van der Waals surface area contributed by atoms with E-state index in [2.05, 4.69) is 0 Å². The highest BCUT2D eigenvalue weighted by Gasteiger charge is 2.20. The van der Waals surface area contributed by atoms with Crippen molar-refractivity contribution in [3.05, 3.63) is 29.5 Å². The van der Waals surface area contributed by atoms with Crippen LogP contribution in [-0.4, -0.2) is 36.7 Å². The minimum Gasteiger partial charge on any atom is -0.490 e. The SMILES string of the molecule is CCCCOc1c(F)cc(F)c2c1c(CCN(C)C)cn2C. The number of unbranched alkanes of at least 4 members (excludes halogenated alkanes) is 1. The van der Waals surface area contributed by atoms with E-state index in [0.29, 0.717) is 17.5 Å². The zero-order valence-corrected chi connectivity index (χ0v) is 13.7. The molecule has 2 rings (SSSR count). The van der Waals surface area contributed by atoms with Crippen LogP contribution in [0.5, 0.6) is 5.75 Å². The van der Waals surface area contributed by atoms with Gasteiger partial charge in [-0.1, -0.05) is 13.3 Å². The molecule has 0 fully saturated rings. The molecule has 0 unspecified atom stereocenters. The largest absolute Gasteiger partial charge is 0.490 e. The zero-order chi connectivity index (χ0) is 16.3. The van der Waals surface area contributed by atoms with E-state index in [9.17, 15) is 8.78 Å². The van der Waals surface area contributed by atoms with Crippen molar-refractivity contribution in [3.63, 3.8) is 0 Å². The number of benzene rings is 1. The van der Waals surface area contributed by atoms with Crippen LogP contribution >= 0.6 is 0 Å². The molecule has 0 atom stereocenters. The van der Waals surface area contributed by atoms with E-state index < -0.39 is 11.6 Å². The summed E-state index contributed by atoms with van der Waals surface area (Å²) in [5.41, 5.74) is 1.32. The summed E-state index contributed by atoms with van der Waals surface area (Å²) < 4.78 is 35.7. The highest BCUT2D eigenvalue weighted by molar-refractivity contribution is 5.90. The molecule has 0 N–H and O–H groups in total. The van der Waals surface area contributed by atoms with Crippen molar-refractivity contribution in [2.24, 2.45) is 7.05 Å². The molecular formula is C17H24F2N2O. The number of ether oxygens (including phenoxy) is 1. The van der Waals surface area contributed by atoms with Gasteiger partial charge >= 0.3 is 0 Å². The first-order valence-corrected chi connectivity index (χ1v) is 7.69. The lowest BCUT2D eigenvalue weighted by Gasteiger charge is -2.12. The van der Waals surface area contributed by atoms with E-state index in [1.165, 1.54) is 0 Å². The number of halogens is 2. The average Bonchev–Trinajstić information content (AvgIpc) is 2.77. The first-order valence-electron chi connectivity index (χ1n) is 7.69. The van der Waals surface area contributed by atoms with Gasteiger partial charge in [0.15, 0.2) is 17.4 Å². The fourth-order valence-electron chi connectivity index (χ4n) is 2.59. The number of fused-ring (bicyclic) bond motifs is 1. The van der Waals surface area contributed by atoms with Gasteiger partial charge in [-0.3, -0.25) is 0 Å². The quantitative estimate of drug-likeness (QED) is 0.725. The molecule has 0 aliphatic heterocycles. The fraction of sp³-hybridized carbons (Fsp3) is 0.529. The van der Waals surface area contributed by atoms with E-state index >= 15 is 0 Å². The molecule has 0 radical (unpaired) electrons. The highest BCUT2D eigenvalue weighted by Crippen LogP contribution is 2.35. The van der Waals surface area contributed by atoms with Gasteiger partial charge in [-0.25, -0.2) is 8.78 Å². The normalized spacial score (nSPS) is 11.6. The van der Waals surface area contributed by atoms with Gasteiger partial charge in [-0.15, -0.1) is 0 Å². The predicted octanol–water partition coefficient (Wildman–Crippen LogP) is 3.74. The number of likely N-dealkylation sites (N-methyl/N-ethyl adjacent to an activating group) is 1. The molecule has 5 heteroatoms. The Morgan fingerprint density at radius 2 is 1.95 bits per heavy atom. The van der Waals surface area contributed by atoms with Crippen molar-refractivity contribution in [1.82, 2.24) is 9.47 Å². The van der Waals surface area contributed by atoms with Crippen LogP contribution in [0.15, 0.2) is 12.3 Å². The Morgan fingerprint density at radius 1 is 1.23 bits per heavy atom. The minimum absolute atomic E-state index is 0.180. The Labute approximate surface area is 130 Å². The van der Waals surface area contributed by atoms with Gasteiger partial charge in [0.1, 0.15) is 0 Å². The summed E-state index contributed by atoms with van der Waals surface area (Å²) in [5, 5.41) is 0.568. The molecule has 22 heavy (non-hydrogen) atoms. The zero-order valence-electron chi connectivity index (χ0n) is 13.7. The number of aromatic nitrogens is 1. The molecule has 1 aromatic heterocycles. The first kappa shape index (κ1) is 16.7. The summed E-state index contributed by atoms with van der Waals surface area (Å²) in [6, 6.07) is 0.916. The van der Waals surface area contributed by atoms with Crippen molar-refractivity contribution in [2.75, 3.05) is 27.2 Å². The molecule has 0 aliphatic rings. The molecule has 1 aromatic carbocycles. The summed E-state index contributed by atoms with van der Waals surface area (Å²) in [5.74, 6) is -0.994. The maximum atomic E-state index is 14.2. The molecule has 0 amide bonds. The number of hydrogen-bond acceptors (Lipinski definition) is 2. The van der Waals surface area contributed by atoms with Crippen LogP contribution in [0, 0.1) is 11.6 Å². The predicted molar refractivity (Wildman–Crippen MR) is 85.5 cm³/mol. The monoisotopic (exact) mass is 310 g/mol. The fourth-order valence-corrected chi connectivity index (χ4v) is 2.59. The summed E-state index contributed by atoms with van der Waals surface area (Å²) in [6.07, 6.45) is 4.40. The molecule has 0 saturated carbocycles. The van der Waals surface area contributed by atoms with Gasteiger partial charge in [-0.2, -0.15) is 0 Å². The summed E-state index contributed by atoms with van der Waals surface area (Å²) in [7, 11) is 5.73. The Hall–Kier alpha value is -1.62. The van der Waals surface area contributed by atoms with Gasteiger partial charge < -0.3 is 14.2 Å². The molecule has 0 bridgehead atoms. The van der Waals surface area contributed by atoms with Gasteiger partial charge in [0.25, 0.3) is 0 Å². The Bertz CT molecular complexity index is 650. The molecule has 122 valence electrons. The molecular weight excluding hydrogens is 286 g/mol. The smallest absolute Gasteiger partial charge is 0.168 e. The third-order valence-electron chi connectivity index (χ3n) is 3.76. The van der Waals surface area contributed by atoms with Crippen LogP contribution < -0.4 is 4.74 Å². The van der Waals surface area contributed by atoms with Crippen LogP contribution in [0.25, 0.3) is 10.9 Å². The third-order valence-corrected chi connectivity index (χ3v) is 3.76. The van der Waals surface area contributed by atoms with Crippen LogP contribution in [-0.2, 0) is 13.5 Å². The lowest BCUT2D eigenvalue weighted by molar-refractivity contribution is 0.297. The molecule has 0 spiro atoms. The summed E-state index contributed by atoms with van der Waals surface area (Å²) in [4.78, 5) is 2.05. The molecule has 1 heterocycles. The maximum absolute atomic E-state index is 14.2. The minimum atomic E-state index is -0.626. The average molecular weight is 310 g/mol. The van der Waals surface area contributed by atoms with E-state index in [0.717, 1.165) is 37.4 Å². The first-order chi connectivity index (χ1) is 10.5. The van der Waals surface area contributed by atoms with Crippen LogP contribution in [0.3, 0.4) is 0 Å². The highest BCUT2D eigenvalue weighted by atomic mass is 19.1. The summed E-state index contributed by atoms with van der Waals surface area (Å²) in [6.45, 7) is 3.30. The van der Waals surface area contributed by atoms with E-state index in [1.807, 2.05) is 32.1 Å². The van der Waals surface area contributed by atoms with Gasteiger partial charge in [0, 0.05) is 25.9 Å². The Morgan fingerprint density at radius 3 is 2.59 bits per heavy atom. The van der Waals surface area contributed by atoms with Crippen molar-refractivity contribution < 1.29 is 13.5 Å². The topological polar surface area (TPSA) is 17.4 Å². The maximum Gasteiger partial charge on any atom is 0.168 e. The van der Waals surface area contributed by atoms with Gasteiger partial charge in [-0.05, 0) is 32.5 Å². The standard InChI is InChI=1S/C17H24F2N2O/c1-5-6-9-22-17-14(19)10-13(18)16-15(17)12(11-21(16)4)7-8-20(2)3/h10-11H,5-9H2,1-4H3. The Kier molecular flexibility index (Phi) is 5.40. The second-order valence-electron chi connectivity index (χ2n) is 5.91. The molecule has 0 saturated heterocycles. The van der Waals surface area contributed by atoms with Crippen LogP contribution in [0.1, 0.15) is 25.3 Å². The van der Waals surface area contributed by atoms with Crippen molar-refractivity contribution in [2.45, 2.75) is 26.2 Å². The van der Waals surface area contributed by atoms with E-state index in [4.69, 9.17) is 4.74 Å². The Balaban J connectivity index is 2.50. The van der Waals surface area contributed by atoms with E-state index in [-0.39, 0.29) is 5.75 Å². The lowest BCUT2D eigenvalue weighted by Crippen LogP contribution is -2.15. The number of nitrogens with zero attached hydrogens (tertiary/aromatic N) is 2. The van der Waals surface area contributed by atoms with Crippen LogP contribution in [0.2, 0.25) is 0 Å². The lowest BCUT2D eigenvalue weighted by atomic mass is 10.1. The van der Waals surface area contributed by atoms with Crippen molar-refractivity contribution in [3.8, 4) is 5.75 Å². The van der Waals surface area contributed by atoms with Gasteiger partial charge in [0.05, 0.1) is 17.5 Å². The molecule has 0 aliphatic carbocycles. The molecule has 3 nitrogen and oxygen atoms in total. The number of aryl methyl sites for hydroxylation is 1.